The monoisotopic (exact) mass is 278 g/mol. The molecule has 1 aromatic carbocycles. The number of carbonyl (C=O) groups excluding carboxylic acids is 1. The molecule has 0 atom stereocenters. The van der Waals surface area contributed by atoms with Crippen LogP contribution < -0.4 is 0 Å². The number of hydrogen-bond donors (Lipinski definition) is 0. The van der Waals surface area contributed by atoms with Crippen molar-refractivity contribution in [2.75, 3.05) is 11.5 Å². The molecule has 0 radical (unpaired) electrons. The van der Waals surface area contributed by atoms with Crippen molar-refractivity contribution < 1.29 is 13.9 Å². The minimum absolute atomic E-state index is 0.182. The van der Waals surface area contributed by atoms with Gasteiger partial charge in [-0.2, -0.15) is 11.8 Å². The fourth-order valence-electron chi connectivity index (χ4n) is 1.85. The van der Waals surface area contributed by atoms with Crippen molar-refractivity contribution in [2.24, 2.45) is 0 Å². The van der Waals surface area contributed by atoms with Gasteiger partial charge in [-0.3, -0.25) is 4.79 Å². The summed E-state index contributed by atoms with van der Waals surface area (Å²) in [7, 11) is 0. The van der Waals surface area contributed by atoms with Crippen molar-refractivity contribution in [1.82, 2.24) is 0 Å². The molecule has 0 aliphatic heterocycles. The highest BCUT2D eigenvalue weighted by Crippen LogP contribution is 2.25. The summed E-state index contributed by atoms with van der Waals surface area (Å²) in [6.07, 6.45) is 1.07. The number of benzene rings is 1. The number of furan rings is 1. The first-order chi connectivity index (χ1) is 9.22. The highest BCUT2D eigenvalue weighted by atomic mass is 32.2. The van der Waals surface area contributed by atoms with E-state index in [9.17, 15) is 4.79 Å². The van der Waals surface area contributed by atoms with Crippen LogP contribution in [0.1, 0.15) is 24.7 Å². The van der Waals surface area contributed by atoms with Crippen molar-refractivity contribution in [3.63, 3.8) is 0 Å². The van der Waals surface area contributed by atoms with Crippen LogP contribution in [0.3, 0.4) is 0 Å². The highest BCUT2D eigenvalue weighted by Gasteiger charge is 2.12. The summed E-state index contributed by atoms with van der Waals surface area (Å²) >= 11 is 1.60. The standard InChI is InChI=1S/C15H18O3S/c1-3-8-19-10-15(16)17-9-14-11(2)12-6-4-5-7-13(12)18-14/h4-7H,3,8-10H2,1-2H3. The van der Waals surface area contributed by atoms with Crippen molar-refractivity contribution >= 4 is 28.7 Å². The van der Waals surface area contributed by atoms with Crippen LogP contribution in [-0.4, -0.2) is 17.5 Å². The van der Waals surface area contributed by atoms with Crippen LogP contribution in [0.15, 0.2) is 28.7 Å². The highest BCUT2D eigenvalue weighted by molar-refractivity contribution is 7.99. The second-order valence-corrected chi connectivity index (χ2v) is 5.46. The minimum atomic E-state index is -0.182. The van der Waals surface area contributed by atoms with E-state index in [0.29, 0.717) is 5.75 Å². The Morgan fingerprint density at radius 2 is 2.16 bits per heavy atom. The zero-order chi connectivity index (χ0) is 13.7. The predicted molar refractivity (Wildman–Crippen MR) is 78.4 cm³/mol. The maximum Gasteiger partial charge on any atom is 0.316 e. The van der Waals surface area contributed by atoms with Crippen LogP contribution in [0.25, 0.3) is 11.0 Å². The molecule has 0 amide bonds. The van der Waals surface area contributed by atoms with Crippen molar-refractivity contribution in [3.05, 3.63) is 35.6 Å². The van der Waals surface area contributed by atoms with E-state index in [1.165, 1.54) is 0 Å². The Bertz CT molecular complexity index is 560. The van der Waals surface area contributed by atoms with Crippen molar-refractivity contribution in [3.8, 4) is 0 Å². The summed E-state index contributed by atoms with van der Waals surface area (Å²) in [4.78, 5) is 11.5. The molecule has 4 heteroatoms. The quantitative estimate of drug-likeness (QED) is 0.593. The van der Waals surface area contributed by atoms with Gasteiger partial charge in [0, 0.05) is 10.9 Å². The number of para-hydroxylation sites is 1. The molecule has 0 spiro atoms. The number of hydrogen-bond acceptors (Lipinski definition) is 4. The number of rotatable bonds is 6. The molecule has 0 fully saturated rings. The summed E-state index contributed by atoms with van der Waals surface area (Å²) in [5.41, 5.74) is 1.89. The first kappa shape index (κ1) is 14.0. The molecule has 2 rings (SSSR count). The van der Waals surface area contributed by atoms with Gasteiger partial charge in [0.15, 0.2) is 0 Å². The zero-order valence-corrected chi connectivity index (χ0v) is 12.1. The maximum absolute atomic E-state index is 11.5. The van der Waals surface area contributed by atoms with Gasteiger partial charge in [0.25, 0.3) is 0 Å². The normalized spacial score (nSPS) is 10.8. The molecule has 1 heterocycles. The predicted octanol–water partition coefficient (Wildman–Crippen LogP) is 3.93. The van der Waals surface area contributed by atoms with Crippen molar-refractivity contribution in [2.45, 2.75) is 26.9 Å². The molecule has 0 bridgehead atoms. The van der Waals surface area contributed by atoms with E-state index < -0.39 is 0 Å². The van der Waals surface area contributed by atoms with Gasteiger partial charge in [-0.25, -0.2) is 0 Å². The third-order valence-electron chi connectivity index (χ3n) is 2.88. The molecular weight excluding hydrogens is 260 g/mol. The van der Waals surface area contributed by atoms with Gasteiger partial charge in [0.05, 0.1) is 5.75 Å². The minimum Gasteiger partial charge on any atom is -0.457 e. The molecule has 1 aromatic heterocycles. The van der Waals surface area contributed by atoms with E-state index in [1.54, 1.807) is 11.8 Å². The van der Waals surface area contributed by atoms with Crippen LogP contribution in [0.4, 0.5) is 0 Å². The molecule has 0 N–H and O–H groups in total. The number of thioether (sulfide) groups is 1. The Morgan fingerprint density at radius 1 is 1.37 bits per heavy atom. The van der Waals surface area contributed by atoms with Crippen molar-refractivity contribution in [1.29, 1.82) is 0 Å². The first-order valence-corrected chi connectivity index (χ1v) is 7.58. The average Bonchev–Trinajstić information content (AvgIpc) is 2.74. The van der Waals surface area contributed by atoms with Crippen LogP contribution in [-0.2, 0) is 16.1 Å². The zero-order valence-electron chi connectivity index (χ0n) is 11.3. The Hall–Kier alpha value is -1.42. The average molecular weight is 278 g/mol. The molecular formula is C15H18O3S. The van der Waals surface area contributed by atoms with E-state index in [1.807, 2.05) is 31.2 Å². The molecule has 3 nitrogen and oxygen atoms in total. The van der Waals surface area contributed by atoms with Gasteiger partial charge in [-0.15, -0.1) is 0 Å². The number of aryl methyl sites for hydroxylation is 1. The third kappa shape index (κ3) is 3.53. The van der Waals surface area contributed by atoms with Crippen LogP contribution in [0.5, 0.6) is 0 Å². The molecule has 0 aliphatic carbocycles. The first-order valence-electron chi connectivity index (χ1n) is 6.42. The fraction of sp³-hybridized carbons (Fsp3) is 0.400. The maximum atomic E-state index is 11.5. The second-order valence-electron chi connectivity index (χ2n) is 4.36. The molecule has 102 valence electrons. The summed E-state index contributed by atoms with van der Waals surface area (Å²) in [6.45, 7) is 4.29. The van der Waals surface area contributed by atoms with E-state index in [0.717, 1.165) is 34.5 Å². The topological polar surface area (TPSA) is 39.4 Å². The lowest BCUT2D eigenvalue weighted by Crippen LogP contribution is -2.07. The molecule has 0 saturated heterocycles. The Kier molecular flexibility index (Phi) is 4.91. The van der Waals surface area contributed by atoms with Crippen LogP contribution in [0, 0.1) is 6.92 Å². The molecule has 19 heavy (non-hydrogen) atoms. The van der Waals surface area contributed by atoms with E-state index in [4.69, 9.17) is 9.15 Å². The number of carbonyl (C=O) groups is 1. The largest absolute Gasteiger partial charge is 0.457 e. The van der Waals surface area contributed by atoms with Gasteiger partial charge in [0.2, 0.25) is 0 Å². The van der Waals surface area contributed by atoms with E-state index in [2.05, 4.69) is 6.92 Å². The Labute approximate surface area is 117 Å². The molecule has 2 aromatic rings. The van der Waals surface area contributed by atoms with Gasteiger partial charge >= 0.3 is 5.97 Å². The fourth-order valence-corrected chi connectivity index (χ4v) is 2.53. The smallest absolute Gasteiger partial charge is 0.316 e. The lowest BCUT2D eigenvalue weighted by atomic mass is 10.1. The third-order valence-corrected chi connectivity index (χ3v) is 4.01. The summed E-state index contributed by atoms with van der Waals surface area (Å²) < 4.78 is 10.9. The number of fused-ring (bicyclic) bond motifs is 1. The second kappa shape index (κ2) is 6.66. The van der Waals surface area contributed by atoms with Crippen LogP contribution >= 0.6 is 11.8 Å². The lowest BCUT2D eigenvalue weighted by Gasteiger charge is -2.03. The van der Waals surface area contributed by atoms with Gasteiger partial charge in [-0.1, -0.05) is 25.1 Å². The van der Waals surface area contributed by atoms with Crippen LogP contribution in [0.2, 0.25) is 0 Å². The Morgan fingerprint density at radius 3 is 2.89 bits per heavy atom. The summed E-state index contributed by atoms with van der Waals surface area (Å²) in [6, 6.07) is 7.84. The van der Waals surface area contributed by atoms with Gasteiger partial charge in [0.1, 0.15) is 18.0 Å². The van der Waals surface area contributed by atoms with E-state index in [-0.39, 0.29) is 12.6 Å². The lowest BCUT2D eigenvalue weighted by molar-refractivity contribution is -0.142. The summed E-state index contributed by atoms with van der Waals surface area (Å²) in [5.74, 6) is 1.94. The molecule has 0 saturated carbocycles. The van der Waals surface area contributed by atoms with E-state index >= 15 is 0 Å². The Balaban J connectivity index is 1.94. The molecule has 0 unspecified atom stereocenters. The SMILES string of the molecule is CCCSCC(=O)OCc1oc2ccccc2c1C. The van der Waals surface area contributed by atoms with Gasteiger partial charge < -0.3 is 9.15 Å². The number of esters is 1. The molecule has 0 aliphatic rings. The summed E-state index contributed by atoms with van der Waals surface area (Å²) in [5, 5.41) is 1.08. The van der Waals surface area contributed by atoms with Gasteiger partial charge in [-0.05, 0) is 25.2 Å². The number of ether oxygens (including phenoxy) is 1.